The van der Waals surface area contributed by atoms with E-state index in [0.29, 0.717) is 12.8 Å². The van der Waals surface area contributed by atoms with Crippen LogP contribution < -0.4 is 16.9 Å². The maximum atomic E-state index is 14.8. The van der Waals surface area contributed by atoms with Gasteiger partial charge in [-0.05, 0) is 69.4 Å². The lowest BCUT2D eigenvalue weighted by Crippen LogP contribution is -2.65. The van der Waals surface area contributed by atoms with Crippen molar-refractivity contribution in [2.45, 2.75) is 77.4 Å². The topological polar surface area (TPSA) is 139 Å². The minimum Gasteiger partial charge on any atom is -0.329 e. The number of hydrogen-bond acceptors (Lipinski definition) is 6. The molecule has 2 unspecified atom stereocenters. The molecule has 2 aromatic carbocycles. The van der Waals surface area contributed by atoms with Crippen LogP contribution in [0.5, 0.6) is 0 Å². The van der Waals surface area contributed by atoms with Crippen LogP contribution in [0.4, 0.5) is 0 Å². The van der Waals surface area contributed by atoms with E-state index in [1.54, 1.807) is 13.0 Å². The summed E-state index contributed by atoms with van der Waals surface area (Å²) in [5.41, 5.74) is 15.5. The van der Waals surface area contributed by atoms with E-state index in [1.807, 2.05) is 81.5 Å². The highest BCUT2D eigenvalue weighted by atomic mass is 16.2. The van der Waals surface area contributed by atoms with E-state index >= 15 is 0 Å². The maximum Gasteiger partial charge on any atom is 0.246 e. The van der Waals surface area contributed by atoms with Crippen LogP contribution in [-0.4, -0.2) is 63.6 Å². The molecule has 0 radical (unpaired) electrons. The number of allylic oxidation sites excluding steroid dienone is 3. The van der Waals surface area contributed by atoms with Crippen molar-refractivity contribution >= 4 is 34.3 Å². The van der Waals surface area contributed by atoms with E-state index < -0.39 is 34.7 Å². The van der Waals surface area contributed by atoms with Gasteiger partial charge in [-0.15, -0.1) is 0 Å². The number of nitrogens with zero attached hydrogens (tertiary/aromatic N) is 2. The third-order valence-electron chi connectivity index (χ3n) is 8.68. The van der Waals surface area contributed by atoms with Crippen molar-refractivity contribution in [3.05, 3.63) is 84.0 Å². The first kappa shape index (κ1) is 33.8. The number of nitrogens with two attached hydrogens (primary N) is 2. The standard InChI is InChI=1S/C36H47N5O4/c1-6-40(32(43)15-10-18-35(3,4)37)31(22-26-16-17-28-13-7-8-14-29(28)20-26)33(44)36(5,38)30-21-25-11-9-12-27(19-25)23-41(34(30)45)39-24(2)42/h7-17,20,27,30-31H,6,18-19,21-23,37-38H2,1-5H3,(H,39,42)/b15-10+/t27?,30-,31-,36?/m1/s1. The molecule has 1 aliphatic heterocycles. The number of nitrogens with one attached hydrogen (secondary N) is 1. The number of rotatable bonds is 11. The first-order chi connectivity index (χ1) is 21.2. The van der Waals surface area contributed by atoms with Gasteiger partial charge < -0.3 is 16.4 Å². The molecule has 1 fully saturated rings. The number of fused-ring (bicyclic) bond motifs is 3. The Labute approximate surface area is 266 Å². The van der Waals surface area contributed by atoms with Crippen molar-refractivity contribution in [3.8, 4) is 0 Å². The number of Topliss-reactive ketones (excluding diaryl/α,β-unsaturated/α-hetero) is 1. The van der Waals surface area contributed by atoms with Gasteiger partial charge in [0.1, 0.15) is 0 Å². The SMILES string of the molecule is CCN(C(=O)/C=C/CC(C)(C)N)[C@H](Cc1ccc2ccccc2c1)C(=O)C(C)(N)[C@@H]1CC2=CC=CC(C2)CN(NC(C)=O)C1=O. The first-order valence-corrected chi connectivity index (χ1v) is 15.7. The summed E-state index contributed by atoms with van der Waals surface area (Å²) in [6, 6.07) is 13.0. The Morgan fingerprint density at radius 2 is 1.80 bits per heavy atom. The van der Waals surface area contributed by atoms with Gasteiger partial charge >= 0.3 is 0 Å². The molecule has 2 aliphatic rings. The van der Waals surface area contributed by atoms with Crippen molar-refractivity contribution < 1.29 is 19.2 Å². The van der Waals surface area contributed by atoms with E-state index in [1.165, 1.54) is 22.9 Å². The number of likely N-dealkylation sites (N-methyl/N-ethyl adjacent to an activating group) is 1. The highest BCUT2D eigenvalue weighted by Gasteiger charge is 2.49. The van der Waals surface area contributed by atoms with Crippen molar-refractivity contribution in [1.29, 1.82) is 0 Å². The predicted molar refractivity (Wildman–Crippen MR) is 177 cm³/mol. The van der Waals surface area contributed by atoms with Crippen molar-refractivity contribution in [1.82, 2.24) is 15.3 Å². The Morgan fingerprint density at radius 1 is 1.09 bits per heavy atom. The summed E-state index contributed by atoms with van der Waals surface area (Å²) >= 11 is 0. The van der Waals surface area contributed by atoms with Crippen LogP contribution in [0, 0.1) is 11.8 Å². The molecule has 2 bridgehead atoms. The first-order valence-electron chi connectivity index (χ1n) is 15.7. The molecule has 9 nitrogen and oxygen atoms in total. The van der Waals surface area contributed by atoms with Crippen LogP contribution in [0.2, 0.25) is 0 Å². The zero-order chi connectivity index (χ0) is 32.9. The zero-order valence-corrected chi connectivity index (χ0v) is 27.1. The Balaban J connectivity index is 1.74. The molecule has 4 atom stereocenters. The molecular weight excluding hydrogens is 566 g/mol. The quantitative estimate of drug-likeness (QED) is 0.328. The molecular formula is C36H47N5O4. The van der Waals surface area contributed by atoms with Gasteiger partial charge in [-0.3, -0.25) is 29.6 Å². The summed E-state index contributed by atoms with van der Waals surface area (Å²) in [5.74, 6) is -2.46. The number of carbonyl (C=O) groups is 4. The molecule has 2 aromatic rings. The van der Waals surface area contributed by atoms with E-state index in [2.05, 4.69) is 5.43 Å². The van der Waals surface area contributed by atoms with Crippen molar-refractivity contribution in [3.63, 3.8) is 0 Å². The summed E-state index contributed by atoms with van der Waals surface area (Å²) in [7, 11) is 0. The number of benzene rings is 2. The summed E-state index contributed by atoms with van der Waals surface area (Å²) < 4.78 is 0. The van der Waals surface area contributed by atoms with Gasteiger partial charge in [-0.1, -0.05) is 72.3 Å². The fraction of sp³-hybridized carbons (Fsp3) is 0.444. The van der Waals surface area contributed by atoms with Crippen LogP contribution in [0.1, 0.15) is 59.4 Å². The summed E-state index contributed by atoms with van der Waals surface area (Å²) in [6.07, 6.45) is 10.8. The van der Waals surface area contributed by atoms with Gasteiger partial charge in [0.25, 0.3) is 0 Å². The third-order valence-corrected chi connectivity index (χ3v) is 8.68. The highest BCUT2D eigenvalue weighted by molar-refractivity contribution is 6.01. The molecule has 5 N–H and O–H groups in total. The predicted octanol–water partition coefficient (Wildman–Crippen LogP) is 3.97. The highest BCUT2D eigenvalue weighted by Crippen LogP contribution is 2.35. The van der Waals surface area contributed by atoms with Crippen LogP contribution in [0.3, 0.4) is 0 Å². The largest absolute Gasteiger partial charge is 0.329 e. The lowest BCUT2D eigenvalue weighted by molar-refractivity contribution is -0.151. The number of carbonyl (C=O) groups excluding carboxylic acids is 4. The van der Waals surface area contributed by atoms with Crippen LogP contribution >= 0.6 is 0 Å². The van der Waals surface area contributed by atoms with Gasteiger partial charge in [0.15, 0.2) is 5.78 Å². The van der Waals surface area contributed by atoms with E-state index in [9.17, 15) is 19.2 Å². The second-order valence-corrected chi connectivity index (χ2v) is 13.3. The maximum absolute atomic E-state index is 14.8. The molecule has 0 spiro atoms. The lowest BCUT2D eigenvalue weighted by atomic mass is 9.72. The molecule has 3 amide bonds. The van der Waals surface area contributed by atoms with Crippen LogP contribution in [-0.2, 0) is 25.6 Å². The fourth-order valence-electron chi connectivity index (χ4n) is 6.27. The number of hydrogen-bond donors (Lipinski definition) is 3. The average Bonchev–Trinajstić information content (AvgIpc) is 2.97. The molecule has 0 aromatic heterocycles. The molecule has 1 aliphatic carbocycles. The number of ketones is 1. The van der Waals surface area contributed by atoms with Gasteiger partial charge in [-0.2, -0.15) is 0 Å². The molecule has 1 heterocycles. The molecule has 1 saturated heterocycles. The second-order valence-electron chi connectivity index (χ2n) is 13.3. The minimum atomic E-state index is -1.67. The molecule has 240 valence electrons. The van der Waals surface area contributed by atoms with Crippen molar-refractivity contribution in [2.24, 2.45) is 23.3 Å². The van der Waals surface area contributed by atoms with Crippen molar-refractivity contribution in [2.75, 3.05) is 13.1 Å². The lowest BCUT2D eigenvalue weighted by Gasteiger charge is -2.42. The Morgan fingerprint density at radius 3 is 2.47 bits per heavy atom. The van der Waals surface area contributed by atoms with E-state index in [4.69, 9.17) is 11.5 Å². The van der Waals surface area contributed by atoms with Gasteiger partial charge in [-0.25, -0.2) is 0 Å². The molecule has 45 heavy (non-hydrogen) atoms. The van der Waals surface area contributed by atoms with E-state index in [-0.39, 0.29) is 43.7 Å². The Hall–Kier alpha value is -4.08. The number of amides is 3. The Kier molecular flexibility index (Phi) is 10.5. The average molecular weight is 614 g/mol. The van der Waals surface area contributed by atoms with Crippen LogP contribution in [0.15, 0.2) is 78.4 Å². The zero-order valence-electron chi connectivity index (χ0n) is 27.1. The van der Waals surface area contributed by atoms with E-state index in [0.717, 1.165) is 21.9 Å². The third kappa shape index (κ3) is 8.35. The summed E-state index contributed by atoms with van der Waals surface area (Å²) in [5, 5.41) is 3.39. The summed E-state index contributed by atoms with van der Waals surface area (Å²) in [4.78, 5) is 56.1. The smallest absolute Gasteiger partial charge is 0.246 e. The normalized spacial score (nSPS) is 20.6. The Bertz CT molecular complexity index is 1530. The van der Waals surface area contributed by atoms with Gasteiger partial charge in [0, 0.05) is 37.9 Å². The summed E-state index contributed by atoms with van der Waals surface area (Å²) in [6.45, 7) is 9.04. The van der Waals surface area contributed by atoms with Gasteiger partial charge in [0.05, 0.1) is 17.5 Å². The van der Waals surface area contributed by atoms with Gasteiger partial charge in [0.2, 0.25) is 17.7 Å². The minimum absolute atomic E-state index is 0.0422. The van der Waals surface area contributed by atoms with Crippen LogP contribution in [0.25, 0.3) is 10.8 Å². The number of hydrazine groups is 1. The fourth-order valence-corrected chi connectivity index (χ4v) is 6.27. The second kappa shape index (κ2) is 13.9. The molecule has 4 rings (SSSR count). The molecule has 0 saturated carbocycles. The monoisotopic (exact) mass is 613 g/mol. The molecule has 9 heteroatoms.